The number of rotatable bonds is 2. The second-order valence-electron chi connectivity index (χ2n) is 4.67. The summed E-state index contributed by atoms with van der Waals surface area (Å²) < 4.78 is 0. The van der Waals surface area contributed by atoms with Crippen LogP contribution in [0.25, 0.3) is 22.1 Å². The Balaban J connectivity index is 0.000000411. The van der Waals surface area contributed by atoms with E-state index in [2.05, 4.69) is 19.9 Å². The van der Waals surface area contributed by atoms with Crippen molar-refractivity contribution in [1.29, 1.82) is 0 Å². The zero-order valence-corrected chi connectivity index (χ0v) is 18.1. The molecule has 0 aliphatic rings. The Hall–Kier alpha value is -0.772. The molecule has 0 unspecified atom stereocenters. The molecule has 0 saturated heterocycles. The van der Waals surface area contributed by atoms with E-state index in [1.807, 2.05) is 48.5 Å². The van der Waals surface area contributed by atoms with Crippen LogP contribution < -0.4 is 24.8 Å². The minimum atomic E-state index is 0. The van der Waals surface area contributed by atoms with Crippen molar-refractivity contribution in [3.8, 4) is 0 Å². The molecule has 0 radical (unpaired) electrons. The zero-order valence-electron chi connectivity index (χ0n) is 12.8. The van der Waals surface area contributed by atoms with E-state index in [0.29, 0.717) is 11.8 Å². The molecule has 0 amide bonds. The molecule has 2 aromatic heterocycles. The van der Waals surface area contributed by atoms with E-state index in [1.165, 1.54) is 0 Å². The number of imidazole rings is 2. The van der Waals surface area contributed by atoms with E-state index >= 15 is 0 Å². The molecular weight excluding hydrogens is 585 g/mol. The number of nitrogens with zero attached hydrogens (tertiary/aromatic N) is 2. The number of hydrogen-bond acceptors (Lipinski definition) is 2. The summed E-state index contributed by atoms with van der Waals surface area (Å²) in [6, 6.07) is 15.7. The van der Waals surface area contributed by atoms with Crippen LogP contribution in [0.3, 0.4) is 0 Å². The molecule has 4 aromatic rings. The number of alkyl halides is 2. The van der Waals surface area contributed by atoms with Crippen LogP contribution in [0.1, 0.15) is 11.6 Å². The minimum Gasteiger partial charge on any atom is -1.00 e. The summed E-state index contributed by atoms with van der Waals surface area (Å²) in [6.07, 6.45) is 0. The number of fused-ring (bicyclic) bond motifs is 2. The molecule has 0 aliphatic carbocycles. The fraction of sp³-hybridized carbons (Fsp3) is 0.125. The van der Waals surface area contributed by atoms with Gasteiger partial charge in [0.15, 0.2) is 0 Å². The maximum Gasteiger partial charge on any atom is 2.00 e. The van der Waals surface area contributed by atoms with E-state index in [-0.39, 0.29) is 45.9 Å². The fourth-order valence-electron chi connectivity index (χ4n) is 2.14. The van der Waals surface area contributed by atoms with Gasteiger partial charge in [0.2, 0.25) is 0 Å². The molecule has 4 rings (SSSR count). The third-order valence-electron chi connectivity index (χ3n) is 3.13. The monoisotopic (exact) mass is 597 g/mol. The van der Waals surface area contributed by atoms with E-state index < -0.39 is 0 Å². The average molecular weight is 599 g/mol. The molecule has 0 atom stereocenters. The first-order valence-corrected chi connectivity index (χ1v) is 7.86. The Morgan fingerprint density at radius 2 is 1.04 bits per heavy atom. The Labute approximate surface area is 182 Å². The number of nitrogens with one attached hydrogen (secondary N) is 2. The predicted molar refractivity (Wildman–Crippen MR) is 91.3 cm³/mol. The normalized spacial score (nSPS) is 9.36. The summed E-state index contributed by atoms with van der Waals surface area (Å²) >= 11 is 11.2. The average Bonchev–Trinajstić information content (AvgIpc) is 3.18. The Bertz CT molecular complexity index is 754. The van der Waals surface area contributed by atoms with Crippen LogP contribution >= 0.6 is 23.2 Å². The van der Waals surface area contributed by atoms with Crippen LogP contribution in [-0.2, 0) is 32.8 Å². The Morgan fingerprint density at radius 1 is 0.680 bits per heavy atom. The first-order valence-electron chi connectivity index (χ1n) is 6.79. The summed E-state index contributed by atoms with van der Waals surface area (Å²) in [4.78, 5) is 14.7. The number of halogens is 4. The summed E-state index contributed by atoms with van der Waals surface area (Å²) in [5.74, 6) is 2.53. The van der Waals surface area contributed by atoms with Gasteiger partial charge in [0, 0.05) is 0 Å². The fourth-order valence-corrected chi connectivity index (χ4v) is 2.39. The zero-order chi connectivity index (χ0) is 15.4. The SMILES string of the molecule is ClCc1nc2ccccc2[nH]1.ClCc1nc2ccccc2[nH]1.[Cl-].[Cl-].[Pt+2]. The van der Waals surface area contributed by atoms with E-state index in [0.717, 1.165) is 33.7 Å². The maximum absolute atomic E-state index is 5.60. The van der Waals surface area contributed by atoms with Gasteiger partial charge < -0.3 is 34.8 Å². The second kappa shape index (κ2) is 11.8. The van der Waals surface area contributed by atoms with Crippen molar-refractivity contribution in [3.05, 3.63) is 60.2 Å². The molecule has 0 fully saturated rings. The Morgan fingerprint density at radius 3 is 1.36 bits per heavy atom. The maximum atomic E-state index is 5.60. The first-order chi connectivity index (χ1) is 10.8. The first kappa shape index (κ1) is 24.2. The number of aromatic nitrogens is 4. The van der Waals surface area contributed by atoms with Gasteiger partial charge >= 0.3 is 21.1 Å². The number of para-hydroxylation sites is 4. The van der Waals surface area contributed by atoms with E-state index in [9.17, 15) is 0 Å². The van der Waals surface area contributed by atoms with Crippen LogP contribution in [0.4, 0.5) is 0 Å². The summed E-state index contributed by atoms with van der Waals surface area (Å²) in [5.41, 5.74) is 4.04. The molecule has 2 heterocycles. The van der Waals surface area contributed by atoms with Crippen molar-refractivity contribution in [1.82, 2.24) is 19.9 Å². The largest absolute Gasteiger partial charge is 2.00 e. The number of benzene rings is 2. The van der Waals surface area contributed by atoms with E-state index in [1.54, 1.807) is 0 Å². The molecule has 136 valence electrons. The van der Waals surface area contributed by atoms with Gasteiger partial charge in [-0.25, -0.2) is 9.97 Å². The van der Waals surface area contributed by atoms with Crippen molar-refractivity contribution in [2.24, 2.45) is 0 Å². The van der Waals surface area contributed by atoms with Crippen molar-refractivity contribution < 1.29 is 45.9 Å². The molecule has 0 aliphatic heterocycles. The van der Waals surface area contributed by atoms with Crippen LogP contribution in [0.5, 0.6) is 0 Å². The number of hydrogen-bond donors (Lipinski definition) is 2. The van der Waals surface area contributed by atoms with Gasteiger partial charge in [-0.1, -0.05) is 24.3 Å². The molecule has 4 nitrogen and oxygen atoms in total. The standard InChI is InChI=1S/2C8H7ClN2.2ClH.Pt/c2*9-5-8-10-6-3-1-2-4-7(6)11-8;;;/h2*1-4H,5H2,(H,10,11);2*1H;/q;;;;+2/p-2. The van der Waals surface area contributed by atoms with Crippen LogP contribution in [0, 0.1) is 0 Å². The topological polar surface area (TPSA) is 57.4 Å². The van der Waals surface area contributed by atoms with Gasteiger partial charge in [0.05, 0.1) is 33.8 Å². The summed E-state index contributed by atoms with van der Waals surface area (Å²) in [5, 5.41) is 0. The molecule has 2 aromatic carbocycles. The predicted octanol–water partition coefficient (Wildman–Crippen LogP) is -1.39. The molecule has 2 N–H and O–H groups in total. The van der Waals surface area contributed by atoms with Crippen molar-refractivity contribution in [3.63, 3.8) is 0 Å². The molecule has 9 heteroatoms. The van der Waals surface area contributed by atoms with Gasteiger partial charge in [-0.3, -0.25) is 0 Å². The third kappa shape index (κ3) is 6.16. The van der Waals surface area contributed by atoms with Crippen LogP contribution in [0.2, 0.25) is 0 Å². The van der Waals surface area contributed by atoms with Gasteiger partial charge in [-0.05, 0) is 24.3 Å². The minimum absolute atomic E-state index is 0. The van der Waals surface area contributed by atoms with Crippen LogP contribution in [0.15, 0.2) is 48.5 Å². The summed E-state index contributed by atoms with van der Waals surface area (Å²) in [6.45, 7) is 0. The van der Waals surface area contributed by atoms with Crippen LogP contribution in [-0.4, -0.2) is 19.9 Å². The molecule has 0 spiro atoms. The summed E-state index contributed by atoms with van der Waals surface area (Å²) in [7, 11) is 0. The smallest absolute Gasteiger partial charge is 1.00 e. The quantitative estimate of drug-likeness (QED) is 0.279. The Kier molecular flexibility index (Phi) is 11.4. The molecule has 0 saturated carbocycles. The van der Waals surface area contributed by atoms with Crippen molar-refractivity contribution >= 4 is 45.3 Å². The van der Waals surface area contributed by atoms with Gasteiger partial charge in [-0.2, -0.15) is 0 Å². The van der Waals surface area contributed by atoms with Crippen molar-refractivity contribution in [2.45, 2.75) is 11.8 Å². The van der Waals surface area contributed by atoms with E-state index in [4.69, 9.17) is 23.2 Å². The second-order valence-corrected chi connectivity index (χ2v) is 5.20. The molecule has 25 heavy (non-hydrogen) atoms. The van der Waals surface area contributed by atoms with Gasteiger partial charge in [0.25, 0.3) is 0 Å². The molecular formula is C16H14Cl4N4Pt. The van der Waals surface area contributed by atoms with Gasteiger partial charge in [-0.15, -0.1) is 23.2 Å². The number of aromatic amines is 2. The third-order valence-corrected chi connectivity index (χ3v) is 3.64. The molecule has 0 bridgehead atoms. The van der Waals surface area contributed by atoms with Gasteiger partial charge in [0.1, 0.15) is 11.6 Å². The van der Waals surface area contributed by atoms with Crippen molar-refractivity contribution in [2.75, 3.05) is 0 Å². The number of H-pyrrole nitrogens is 2.